The van der Waals surface area contributed by atoms with Gasteiger partial charge in [0.2, 0.25) is 0 Å². The third-order valence-corrected chi connectivity index (χ3v) is 24.4. The predicted octanol–water partition coefficient (Wildman–Crippen LogP) is 3.60. The summed E-state index contributed by atoms with van der Waals surface area (Å²) in [4.78, 5) is 25.9. The third kappa shape index (κ3) is 14.9. The van der Waals surface area contributed by atoms with E-state index in [1.165, 1.54) is 14.0 Å². The number of methoxy groups -OCH3 is 4. The highest BCUT2D eigenvalue weighted by Gasteiger charge is 2.77. The Kier molecular flexibility index (Phi) is 24.6. The van der Waals surface area contributed by atoms with Gasteiger partial charge in [-0.3, -0.25) is 9.59 Å². The molecular weight excluding hydrogens is 1250 g/mol. The smallest absolute Gasteiger partial charge is 0.309 e. The number of hydrogen-bond acceptors (Lipinski definition) is 27. The molecule has 4 aliphatic carbocycles. The monoisotopic (exact) mass is 1360 g/mol. The number of esters is 2. The Hall–Kier alpha value is -1.98. The summed E-state index contributed by atoms with van der Waals surface area (Å²) in [5, 5.41) is 78.5. The average Bonchev–Trinajstić information content (AvgIpc) is 1.59. The minimum Gasteiger partial charge on any atom is -0.462 e. The van der Waals surface area contributed by atoms with Crippen molar-refractivity contribution < 1.29 is 131 Å². The summed E-state index contributed by atoms with van der Waals surface area (Å²) in [6.45, 7) is 19.6. The maximum atomic E-state index is 13.1. The molecular formula is C68H114O27. The van der Waals surface area contributed by atoms with Crippen molar-refractivity contribution in [1.82, 2.24) is 0 Å². The highest BCUT2D eigenvalue weighted by molar-refractivity contribution is 5.72. The first-order chi connectivity index (χ1) is 45.0. The van der Waals surface area contributed by atoms with E-state index < -0.39 is 201 Å². The summed E-state index contributed by atoms with van der Waals surface area (Å²) in [7, 11) is 6.33. The Labute approximate surface area is 559 Å². The van der Waals surface area contributed by atoms with Gasteiger partial charge >= 0.3 is 11.9 Å². The zero-order chi connectivity index (χ0) is 69.0. The Morgan fingerprint density at radius 2 is 1.00 bits per heavy atom. The van der Waals surface area contributed by atoms with Crippen molar-refractivity contribution in [1.29, 1.82) is 0 Å². The van der Waals surface area contributed by atoms with Gasteiger partial charge in [-0.05, 0) is 122 Å². The molecule has 0 aromatic carbocycles. The minimum absolute atomic E-state index is 0.0141. The van der Waals surface area contributed by atoms with Gasteiger partial charge in [-0.25, -0.2) is 0 Å². The SMILES string of the molecule is CCC(C)C(=O)O[C@H](C)[C@]1(O)CC[C@]2(O)[C@@H]3CC[C@H]4C[C@@H](O[C@H]5C[C@H](O)[C@H](O[C@H]6C[C@H](OC)[C@H](O[C@H]7C[C@@H](OC)[C@H](O[C@H]8C[C@@H](OC)[C@H](O[C@H]9C[C@@H](OC)[C@H](O[C@@H]%10O[C@H](CO)[C@@H](O)[C@H](O)[C@H]%10O)[C@@H](C)O9)[C@@H](C)O8)[C@@H](C)O7)[C@@H](C)O6)[C@@H](C)O5)CC[C@]4(C)[C@H]3C[C@@H](OC(C)=O)[C@]12C. The first-order valence-electron chi connectivity index (χ1n) is 35.1. The van der Waals surface area contributed by atoms with Gasteiger partial charge in [-0.1, -0.05) is 27.7 Å². The Morgan fingerprint density at radius 1 is 0.537 bits per heavy atom. The summed E-state index contributed by atoms with van der Waals surface area (Å²) >= 11 is 0. The molecule has 1 unspecified atom stereocenters. The lowest BCUT2D eigenvalue weighted by Crippen LogP contribution is -2.72. The molecule has 0 bridgehead atoms. The van der Waals surface area contributed by atoms with Crippen LogP contribution in [-0.2, 0) is 94.9 Å². The van der Waals surface area contributed by atoms with E-state index in [0.717, 1.165) is 25.7 Å². The molecule has 4 saturated carbocycles. The number of ether oxygens (including phenoxy) is 18. The highest BCUT2D eigenvalue weighted by Crippen LogP contribution is 2.71. The summed E-state index contributed by atoms with van der Waals surface area (Å²) in [5.74, 6) is -1.21. The molecule has 7 N–H and O–H groups in total. The quantitative estimate of drug-likeness (QED) is 0.0601. The van der Waals surface area contributed by atoms with E-state index in [4.69, 9.17) is 85.3 Å². The van der Waals surface area contributed by atoms with Crippen LogP contribution in [0.5, 0.6) is 0 Å². The number of rotatable bonds is 22. The molecule has 27 heteroatoms. The molecule has 6 saturated heterocycles. The Morgan fingerprint density at radius 3 is 1.45 bits per heavy atom. The fraction of sp³-hybridized carbons (Fsp3) is 0.971. The van der Waals surface area contributed by atoms with Gasteiger partial charge in [0.25, 0.3) is 0 Å². The maximum Gasteiger partial charge on any atom is 0.309 e. The van der Waals surface area contributed by atoms with Gasteiger partial charge < -0.3 is 121 Å². The number of fused-ring (bicyclic) bond motifs is 5. The Bertz CT molecular complexity index is 2490. The van der Waals surface area contributed by atoms with Gasteiger partial charge in [0.1, 0.15) is 72.7 Å². The number of carbonyl (C=O) groups excluding carboxylic acids is 2. The van der Waals surface area contributed by atoms with Crippen LogP contribution in [0.4, 0.5) is 0 Å². The zero-order valence-electron chi connectivity index (χ0n) is 58.4. The topological polar surface area (TPSA) is 342 Å². The molecule has 10 aliphatic rings. The van der Waals surface area contributed by atoms with Crippen molar-refractivity contribution in [2.75, 3.05) is 35.0 Å². The summed E-state index contributed by atoms with van der Waals surface area (Å²) in [5.41, 5.74) is -4.55. The molecule has 0 spiro atoms. The largest absolute Gasteiger partial charge is 0.462 e. The Balaban J connectivity index is 0.678. The van der Waals surface area contributed by atoms with Crippen LogP contribution in [-0.4, -0.2) is 266 Å². The van der Waals surface area contributed by atoms with Crippen molar-refractivity contribution in [3.8, 4) is 0 Å². The molecule has 548 valence electrons. The first-order valence-corrected chi connectivity index (χ1v) is 35.1. The minimum atomic E-state index is -1.64. The second-order valence-corrected chi connectivity index (χ2v) is 29.7. The van der Waals surface area contributed by atoms with Gasteiger partial charge in [0, 0.05) is 67.5 Å². The predicted molar refractivity (Wildman–Crippen MR) is 331 cm³/mol. The third-order valence-electron chi connectivity index (χ3n) is 24.4. The number of aliphatic hydroxyl groups excluding tert-OH is 5. The van der Waals surface area contributed by atoms with Gasteiger partial charge in [-0.2, -0.15) is 0 Å². The maximum absolute atomic E-state index is 13.1. The van der Waals surface area contributed by atoms with Crippen molar-refractivity contribution in [2.24, 2.45) is 34.5 Å². The lowest BCUT2D eigenvalue weighted by Gasteiger charge is -2.66. The molecule has 10 fully saturated rings. The van der Waals surface area contributed by atoms with E-state index >= 15 is 0 Å². The molecule has 6 heterocycles. The van der Waals surface area contributed by atoms with Crippen LogP contribution in [0.15, 0.2) is 0 Å². The van der Waals surface area contributed by atoms with E-state index in [9.17, 15) is 45.3 Å². The summed E-state index contributed by atoms with van der Waals surface area (Å²) in [6.07, 6.45) is -15.1. The number of aliphatic hydroxyl groups is 7. The molecule has 0 radical (unpaired) electrons. The van der Waals surface area contributed by atoms with E-state index in [1.807, 2.05) is 41.5 Å². The molecule has 0 amide bonds. The second-order valence-electron chi connectivity index (χ2n) is 29.7. The molecule has 10 rings (SSSR count). The van der Waals surface area contributed by atoms with E-state index in [-0.39, 0.29) is 60.9 Å². The fourth-order valence-electron chi connectivity index (χ4n) is 18.5. The van der Waals surface area contributed by atoms with Crippen LogP contribution in [0.3, 0.4) is 0 Å². The van der Waals surface area contributed by atoms with Crippen molar-refractivity contribution in [3.63, 3.8) is 0 Å². The van der Waals surface area contributed by atoms with Crippen LogP contribution in [0, 0.1) is 34.5 Å². The van der Waals surface area contributed by atoms with E-state index in [0.29, 0.717) is 38.5 Å². The van der Waals surface area contributed by atoms with E-state index in [2.05, 4.69) is 6.92 Å². The highest BCUT2D eigenvalue weighted by atomic mass is 16.8. The van der Waals surface area contributed by atoms with Crippen molar-refractivity contribution >= 4 is 11.9 Å². The average molecular weight is 1360 g/mol. The molecule has 36 atom stereocenters. The number of carbonyl (C=O) groups is 2. The molecule has 0 aromatic heterocycles. The van der Waals surface area contributed by atoms with Crippen LogP contribution in [0.2, 0.25) is 0 Å². The molecule has 0 aromatic rings. The second kappa shape index (κ2) is 30.9. The van der Waals surface area contributed by atoms with Gasteiger partial charge in [-0.15, -0.1) is 0 Å². The van der Waals surface area contributed by atoms with Crippen LogP contribution in [0.25, 0.3) is 0 Å². The van der Waals surface area contributed by atoms with Gasteiger partial charge in [0.05, 0.1) is 90.7 Å². The molecule has 95 heavy (non-hydrogen) atoms. The van der Waals surface area contributed by atoms with Crippen LogP contribution >= 0.6 is 0 Å². The fourth-order valence-corrected chi connectivity index (χ4v) is 18.5. The van der Waals surface area contributed by atoms with Crippen LogP contribution in [0.1, 0.15) is 166 Å². The van der Waals surface area contributed by atoms with Crippen molar-refractivity contribution in [3.05, 3.63) is 0 Å². The lowest BCUT2D eigenvalue weighted by atomic mass is 9.42. The van der Waals surface area contributed by atoms with Crippen molar-refractivity contribution in [2.45, 2.75) is 349 Å². The normalized spacial score (nSPS) is 50.9. The lowest BCUT2D eigenvalue weighted by molar-refractivity contribution is -0.359. The van der Waals surface area contributed by atoms with Gasteiger partial charge in [0.15, 0.2) is 37.7 Å². The summed E-state index contributed by atoms with van der Waals surface area (Å²) in [6, 6.07) is 0. The van der Waals surface area contributed by atoms with E-state index in [1.54, 1.807) is 42.1 Å². The summed E-state index contributed by atoms with van der Waals surface area (Å²) < 4.78 is 113. The molecule has 6 aliphatic heterocycles. The number of hydrogen-bond donors (Lipinski definition) is 7. The first kappa shape index (κ1) is 75.7. The van der Waals surface area contributed by atoms with Crippen LogP contribution < -0.4 is 0 Å². The molecule has 27 nitrogen and oxygen atoms in total. The standard InChI is InChI=1S/C68H114O27/c1-16-31(2)63(75)87-37(8)67(76)21-22-68(77)41-18-17-39-23-40(19-20-65(39,10)42(41)24-49(66(67,68)11)88-38(9)70)89-50-25-43(71)58(32(3)82-50)91-51-26-44(78-12)59(33(4)83-51)92-52-27-45(79-13)60(34(5)84-52)93-53-28-46(80-14)61(35(6)85-53)94-54-29-47(81-15)62(36(7)86-54)95-64-57(74)56(73)55(72)48(30-69)90-64/h31-37,39-62,64,69,71-74,76-77H,16-30H2,1-15H3/t31?,32-,33-,34-,35-,36-,37-,39+,40+,41-,42+,43+,44+,45-,46-,47-,48-,49-,50+,51+,52+,53+,54+,55-,56+,57-,58-,59-,60-,61-,62-,64+,65+,66-,67-,68+/m1/s1. The zero-order valence-corrected chi connectivity index (χ0v) is 58.4.